The molecule has 19 heavy (non-hydrogen) atoms. The zero-order valence-electron chi connectivity index (χ0n) is 11.1. The smallest absolute Gasteiger partial charge is 0.0969 e. The Kier molecular flexibility index (Phi) is 4.60. The van der Waals surface area contributed by atoms with Crippen LogP contribution >= 0.6 is 27.5 Å². The van der Waals surface area contributed by atoms with Gasteiger partial charge in [0.25, 0.3) is 0 Å². The number of aryl methyl sites for hydroxylation is 1. The van der Waals surface area contributed by atoms with Crippen molar-refractivity contribution in [3.63, 3.8) is 0 Å². The number of hydrogen-bond donors (Lipinski definition) is 1. The summed E-state index contributed by atoms with van der Waals surface area (Å²) in [5.74, 6) is 0. The molecule has 0 aliphatic carbocycles. The van der Waals surface area contributed by atoms with Crippen molar-refractivity contribution >= 4 is 27.5 Å². The van der Waals surface area contributed by atoms with Gasteiger partial charge < -0.3 is 5.32 Å². The normalized spacial score (nSPS) is 11.3. The number of rotatable bonds is 4. The Morgan fingerprint density at radius 3 is 2.84 bits per heavy atom. The lowest BCUT2D eigenvalue weighted by atomic mass is 10.2. The Labute approximate surface area is 126 Å². The number of nitrogens with one attached hydrogen (secondary N) is 1. The Balaban J connectivity index is 2.25. The van der Waals surface area contributed by atoms with Crippen LogP contribution in [0, 0.1) is 6.92 Å². The Hall–Kier alpha value is -0.910. The summed E-state index contributed by atoms with van der Waals surface area (Å²) in [4.78, 5) is 0. The molecular weight excluding hydrogens is 328 g/mol. The molecule has 0 aliphatic rings. The van der Waals surface area contributed by atoms with Gasteiger partial charge in [0.1, 0.15) is 0 Å². The Bertz CT molecular complexity index is 580. The van der Waals surface area contributed by atoms with Gasteiger partial charge in [0.15, 0.2) is 0 Å². The molecule has 0 unspecified atom stereocenters. The highest BCUT2D eigenvalue weighted by atomic mass is 79.9. The molecule has 1 aromatic heterocycles. The van der Waals surface area contributed by atoms with Crippen LogP contribution in [0.15, 0.2) is 22.8 Å². The largest absolute Gasteiger partial charge is 0.309 e. The zero-order chi connectivity index (χ0) is 14.0. The SMILES string of the molecule is Cc1cc(Br)c(-n2cc(CNC(C)C)nn2)cc1Cl. The highest BCUT2D eigenvalue weighted by molar-refractivity contribution is 9.10. The lowest BCUT2D eigenvalue weighted by Crippen LogP contribution is -2.21. The monoisotopic (exact) mass is 342 g/mol. The van der Waals surface area contributed by atoms with Crippen molar-refractivity contribution in [3.8, 4) is 5.69 Å². The maximum absolute atomic E-state index is 6.15. The molecule has 2 rings (SSSR count). The molecule has 0 atom stereocenters. The molecule has 0 amide bonds. The summed E-state index contributed by atoms with van der Waals surface area (Å²) in [6.45, 7) is 6.87. The molecule has 102 valence electrons. The van der Waals surface area contributed by atoms with Crippen LogP contribution in [-0.4, -0.2) is 21.0 Å². The molecule has 0 aliphatic heterocycles. The molecule has 0 saturated heterocycles. The van der Waals surface area contributed by atoms with Gasteiger partial charge in [0.2, 0.25) is 0 Å². The second kappa shape index (κ2) is 6.03. The molecule has 6 heteroatoms. The molecule has 0 bridgehead atoms. The van der Waals surface area contributed by atoms with Gasteiger partial charge in [-0.1, -0.05) is 30.7 Å². The van der Waals surface area contributed by atoms with Crippen molar-refractivity contribution in [2.75, 3.05) is 0 Å². The summed E-state index contributed by atoms with van der Waals surface area (Å²) in [5.41, 5.74) is 2.82. The van der Waals surface area contributed by atoms with Crippen molar-refractivity contribution in [2.24, 2.45) is 0 Å². The van der Waals surface area contributed by atoms with Crippen LogP contribution in [-0.2, 0) is 6.54 Å². The molecule has 4 nitrogen and oxygen atoms in total. The van der Waals surface area contributed by atoms with E-state index in [4.69, 9.17) is 11.6 Å². The summed E-state index contributed by atoms with van der Waals surface area (Å²) >= 11 is 9.68. The zero-order valence-corrected chi connectivity index (χ0v) is 13.5. The minimum absolute atomic E-state index is 0.422. The first-order chi connectivity index (χ1) is 8.97. The predicted molar refractivity (Wildman–Crippen MR) is 80.8 cm³/mol. The van der Waals surface area contributed by atoms with Crippen molar-refractivity contribution in [1.82, 2.24) is 20.3 Å². The summed E-state index contributed by atoms with van der Waals surface area (Å²) < 4.78 is 2.68. The quantitative estimate of drug-likeness (QED) is 0.924. The van der Waals surface area contributed by atoms with Crippen LogP contribution in [0.2, 0.25) is 5.02 Å². The molecule has 1 aromatic carbocycles. The van der Waals surface area contributed by atoms with Crippen LogP contribution in [0.5, 0.6) is 0 Å². The number of hydrogen-bond acceptors (Lipinski definition) is 3. The lowest BCUT2D eigenvalue weighted by molar-refractivity contribution is 0.580. The Morgan fingerprint density at radius 1 is 1.42 bits per heavy atom. The number of aromatic nitrogens is 3. The second-order valence-corrected chi connectivity index (χ2v) is 6.00. The van der Waals surface area contributed by atoms with Crippen LogP contribution in [0.4, 0.5) is 0 Å². The van der Waals surface area contributed by atoms with E-state index >= 15 is 0 Å². The van der Waals surface area contributed by atoms with Crippen molar-refractivity contribution in [1.29, 1.82) is 0 Å². The standard InChI is InChI=1S/C13H16BrClN4/c1-8(2)16-6-10-7-19(18-17-10)13-5-12(15)9(3)4-11(13)14/h4-5,7-8,16H,6H2,1-3H3. The van der Waals surface area contributed by atoms with Gasteiger partial charge in [-0.2, -0.15) is 0 Å². The maximum atomic E-state index is 6.15. The van der Waals surface area contributed by atoms with Crippen molar-refractivity contribution in [2.45, 2.75) is 33.4 Å². The van der Waals surface area contributed by atoms with Gasteiger partial charge in [0, 0.05) is 22.1 Å². The van der Waals surface area contributed by atoms with E-state index in [-0.39, 0.29) is 0 Å². The summed E-state index contributed by atoms with van der Waals surface area (Å²) in [6, 6.07) is 4.28. The van der Waals surface area contributed by atoms with Gasteiger partial charge in [-0.15, -0.1) is 5.10 Å². The summed E-state index contributed by atoms with van der Waals surface area (Å²) in [7, 11) is 0. The van der Waals surface area contributed by atoms with Gasteiger partial charge in [-0.3, -0.25) is 0 Å². The fraction of sp³-hybridized carbons (Fsp3) is 0.385. The Morgan fingerprint density at radius 2 is 2.16 bits per heavy atom. The van der Waals surface area contributed by atoms with E-state index in [0.29, 0.717) is 12.6 Å². The molecule has 0 spiro atoms. The van der Waals surface area contributed by atoms with E-state index in [1.807, 2.05) is 25.3 Å². The first-order valence-electron chi connectivity index (χ1n) is 6.08. The van der Waals surface area contributed by atoms with Crippen LogP contribution in [0.3, 0.4) is 0 Å². The average Bonchev–Trinajstić information content (AvgIpc) is 2.80. The average molecular weight is 344 g/mol. The summed E-state index contributed by atoms with van der Waals surface area (Å²) in [5, 5.41) is 12.3. The third-order valence-electron chi connectivity index (χ3n) is 2.71. The van der Waals surface area contributed by atoms with E-state index in [1.165, 1.54) is 0 Å². The summed E-state index contributed by atoms with van der Waals surface area (Å²) in [6.07, 6.45) is 1.90. The van der Waals surface area contributed by atoms with E-state index in [1.54, 1.807) is 4.68 Å². The second-order valence-electron chi connectivity index (χ2n) is 4.74. The molecule has 0 radical (unpaired) electrons. The molecule has 0 fully saturated rings. The van der Waals surface area contributed by atoms with Gasteiger partial charge in [-0.05, 0) is 40.5 Å². The minimum atomic E-state index is 0.422. The minimum Gasteiger partial charge on any atom is -0.309 e. The lowest BCUT2D eigenvalue weighted by Gasteiger charge is -2.07. The number of nitrogens with zero attached hydrogens (tertiary/aromatic N) is 3. The third kappa shape index (κ3) is 3.55. The van der Waals surface area contributed by atoms with Gasteiger partial charge >= 0.3 is 0 Å². The van der Waals surface area contributed by atoms with E-state index < -0.39 is 0 Å². The van der Waals surface area contributed by atoms with E-state index in [2.05, 4.69) is 45.4 Å². The van der Waals surface area contributed by atoms with Crippen molar-refractivity contribution in [3.05, 3.63) is 39.1 Å². The number of halogens is 2. The molecule has 1 heterocycles. The highest BCUT2D eigenvalue weighted by Crippen LogP contribution is 2.27. The van der Waals surface area contributed by atoms with Crippen LogP contribution < -0.4 is 5.32 Å². The third-order valence-corrected chi connectivity index (χ3v) is 3.75. The van der Waals surface area contributed by atoms with E-state index in [9.17, 15) is 0 Å². The molecule has 2 aromatic rings. The topological polar surface area (TPSA) is 42.7 Å². The molecule has 0 saturated carbocycles. The number of benzene rings is 1. The predicted octanol–water partition coefficient (Wildman–Crippen LogP) is 3.49. The molecular formula is C13H16BrClN4. The van der Waals surface area contributed by atoms with Crippen molar-refractivity contribution < 1.29 is 0 Å². The highest BCUT2D eigenvalue weighted by Gasteiger charge is 2.09. The van der Waals surface area contributed by atoms with Crippen LogP contribution in [0.25, 0.3) is 5.69 Å². The first kappa shape index (κ1) is 14.5. The molecule has 1 N–H and O–H groups in total. The van der Waals surface area contributed by atoms with Crippen LogP contribution in [0.1, 0.15) is 25.1 Å². The van der Waals surface area contributed by atoms with Gasteiger partial charge in [-0.25, -0.2) is 4.68 Å². The van der Waals surface area contributed by atoms with Gasteiger partial charge in [0.05, 0.1) is 17.6 Å². The van der Waals surface area contributed by atoms with E-state index in [0.717, 1.165) is 26.4 Å². The fourth-order valence-electron chi connectivity index (χ4n) is 1.62. The first-order valence-corrected chi connectivity index (χ1v) is 7.25. The fourth-order valence-corrected chi connectivity index (χ4v) is 2.41. The maximum Gasteiger partial charge on any atom is 0.0969 e.